The van der Waals surface area contributed by atoms with Crippen molar-refractivity contribution in [1.82, 2.24) is 5.16 Å². The van der Waals surface area contributed by atoms with Gasteiger partial charge in [0.2, 0.25) is 5.76 Å². The SMILES string of the molecule is Cc1cnoc1C(=O)Nc1cc(Cl)ccc1Cl. The number of nitrogens with one attached hydrogen (secondary N) is 1. The summed E-state index contributed by atoms with van der Waals surface area (Å²) in [6.07, 6.45) is 1.47. The second-order valence-corrected chi connectivity index (χ2v) is 4.26. The number of benzene rings is 1. The van der Waals surface area contributed by atoms with Crippen LogP contribution in [0.3, 0.4) is 0 Å². The molecule has 1 aromatic carbocycles. The highest BCUT2D eigenvalue weighted by Gasteiger charge is 2.15. The number of hydrogen-bond acceptors (Lipinski definition) is 3. The molecule has 2 rings (SSSR count). The summed E-state index contributed by atoms with van der Waals surface area (Å²) in [6, 6.07) is 4.81. The molecule has 1 heterocycles. The van der Waals surface area contributed by atoms with Crippen LogP contribution in [0.25, 0.3) is 0 Å². The predicted molar refractivity (Wildman–Crippen MR) is 65.7 cm³/mol. The van der Waals surface area contributed by atoms with Crippen molar-refractivity contribution < 1.29 is 9.32 Å². The zero-order valence-electron chi connectivity index (χ0n) is 8.83. The Morgan fingerprint density at radius 3 is 2.82 bits per heavy atom. The molecule has 0 unspecified atom stereocenters. The van der Waals surface area contributed by atoms with Crippen molar-refractivity contribution in [3.8, 4) is 0 Å². The smallest absolute Gasteiger partial charge is 0.294 e. The molecular weight excluding hydrogens is 263 g/mol. The standard InChI is InChI=1S/C11H8Cl2N2O2/c1-6-5-14-17-10(6)11(16)15-9-4-7(12)2-3-8(9)13/h2-5H,1H3,(H,15,16). The Labute approximate surface area is 108 Å². The lowest BCUT2D eigenvalue weighted by molar-refractivity contribution is 0.0987. The van der Waals surface area contributed by atoms with Crippen molar-refractivity contribution in [1.29, 1.82) is 0 Å². The largest absolute Gasteiger partial charge is 0.351 e. The van der Waals surface area contributed by atoms with Gasteiger partial charge in [0.05, 0.1) is 16.9 Å². The van der Waals surface area contributed by atoms with Gasteiger partial charge in [-0.3, -0.25) is 4.79 Å². The van der Waals surface area contributed by atoms with Crippen LogP contribution in [0.4, 0.5) is 5.69 Å². The van der Waals surface area contributed by atoms with Crippen LogP contribution in [-0.4, -0.2) is 11.1 Å². The minimum absolute atomic E-state index is 0.154. The third kappa shape index (κ3) is 2.60. The van der Waals surface area contributed by atoms with E-state index in [4.69, 9.17) is 27.7 Å². The molecule has 0 saturated heterocycles. The highest BCUT2D eigenvalue weighted by molar-refractivity contribution is 6.35. The van der Waals surface area contributed by atoms with Crippen LogP contribution in [0.1, 0.15) is 16.1 Å². The van der Waals surface area contributed by atoms with Gasteiger partial charge in [-0.2, -0.15) is 0 Å². The van der Waals surface area contributed by atoms with Gasteiger partial charge in [-0.25, -0.2) is 0 Å². The van der Waals surface area contributed by atoms with Crippen LogP contribution in [0.5, 0.6) is 0 Å². The van der Waals surface area contributed by atoms with E-state index >= 15 is 0 Å². The van der Waals surface area contributed by atoms with Crippen molar-refractivity contribution in [3.05, 3.63) is 45.8 Å². The van der Waals surface area contributed by atoms with Crippen LogP contribution < -0.4 is 5.32 Å². The first kappa shape index (κ1) is 12.0. The number of hydrogen-bond donors (Lipinski definition) is 1. The number of aryl methyl sites for hydroxylation is 1. The molecule has 1 amide bonds. The third-order valence-electron chi connectivity index (χ3n) is 2.13. The maximum Gasteiger partial charge on any atom is 0.294 e. The molecule has 0 bridgehead atoms. The van der Waals surface area contributed by atoms with Crippen LogP contribution in [0.15, 0.2) is 28.9 Å². The fraction of sp³-hybridized carbons (Fsp3) is 0.0909. The summed E-state index contributed by atoms with van der Waals surface area (Å²) >= 11 is 11.7. The Balaban J connectivity index is 2.24. The van der Waals surface area contributed by atoms with Crippen LogP contribution in [0, 0.1) is 6.92 Å². The molecule has 2 aromatic rings. The Kier molecular flexibility index (Phi) is 3.36. The number of amides is 1. The average molecular weight is 271 g/mol. The summed E-state index contributed by atoms with van der Waals surface area (Å²) in [5.74, 6) is -0.259. The van der Waals surface area contributed by atoms with Gasteiger partial charge in [-0.1, -0.05) is 28.4 Å². The first-order chi connectivity index (χ1) is 8.08. The number of carbonyl (C=O) groups is 1. The summed E-state index contributed by atoms with van der Waals surface area (Å²) in [4.78, 5) is 11.8. The molecule has 4 nitrogen and oxygen atoms in total. The van der Waals surface area contributed by atoms with Gasteiger partial charge < -0.3 is 9.84 Å². The maximum absolute atomic E-state index is 11.8. The van der Waals surface area contributed by atoms with E-state index in [0.29, 0.717) is 21.3 Å². The fourth-order valence-corrected chi connectivity index (χ4v) is 1.62. The van der Waals surface area contributed by atoms with Crippen molar-refractivity contribution in [3.63, 3.8) is 0 Å². The van der Waals surface area contributed by atoms with Crippen molar-refractivity contribution in [2.24, 2.45) is 0 Å². The summed E-state index contributed by atoms with van der Waals surface area (Å²) in [5.41, 5.74) is 1.08. The van der Waals surface area contributed by atoms with Crippen molar-refractivity contribution in [2.75, 3.05) is 5.32 Å². The highest BCUT2D eigenvalue weighted by atomic mass is 35.5. The lowest BCUT2D eigenvalue weighted by atomic mass is 10.2. The number of rotatable bonds is 2. The van der Waals surface area contributed by atoms with Crippen LogP contribution in [-0.2, 0) is 0 Å². The van der Waals surface area contributed by atoms with E-state index < -0.39 is 5.91 Å². The normalized spacial score (nSPS) is 10.3. The predicted octanol–water partition coefficient (Wildman–Crippen LogP) is 3.54. The number of halogens is 2. The van der Waals surface area contributed by atoms with Gasteiger partial charge in [0.1, 0.15) is 0 Å². The minimum Gasteiger partial charge on any atom is -0.351 e. The molecule has 0 fully saturated rings. The lowest BCUT2D eigenvalue weighted by Crippen LogP contribution is -2.12. The van der Waals surface area contributed by atoms with E-state index in [1.807, 2.05) is 0 Å². The molecule has 0 saturated carbocycles. The van der Waals surface area contributed by atoms with E-state index in [0.717, 1.165) is 0 Å². The van der Waals surface area contributed by atoms with Gasteiger partial charge in [-0.15, -0.1) is 0 Å². The molecule has 0 atom stereocenters. The van der Waals surface area contributed by atoms with Gasteiger partial charge in [0.25, 0.3) is 5.91 Å². The number of carbonyl (C=O) groups excluding carboxylic acids is 1. The van der Waals surface area contributed by atoms with Crippen molar-refractivity contribution >= 4 is 34.8 Å². The average Bonchev–Trinajstić information content (AvgIpc) is 2.70. The first-order valence-electron chi connectivity index (χ1n) is 4.75. The molecule has 0 aliphatic heterocycles. The van der Waals surface area contributed by atoms with Crippen LogP contribution >= 0.6 is 23.2 Å². The Hall–Kier alpha value is -1.52. The van der Waals surface area contributed by atoms with E-state index in [9.17, 15) is 4.79 Å². The molecule has 0 spiro atoms. The van der Waals surface area contributed by atoms with Crippen molar-refractivity contribution in [2.45, 2.75) is 6.92 Å². The van der Waals surface area contributed by atoms with E-state index in [1.165, 1.54) is 6.20 Å². The molecule has 88 valence electrons. The third-order valence-corrected chi connectivity index (χ3v) is 2.70. The molecular formula is C11H8Cl2N2O2. The highest BCUT2D eigenvalue weighted by Crippen LogP contribution is 2.26. The molecule has 0 aliphatic carbocycles. The van der Waals surface area contributed by atoms with Gasteiger partial charge in [-0.05, 0) is 25.1 Å². The van der Waals surface area contributed by atoms with Gasteiger partial charge in [0, 0.05) is 10.6 Å². The van der Waals surface area contributed by atoms with E-state index in [1.54, 1.807) is 25.1 Å². The molecule has 0 aliphatic rings. The quantitative estimate of drug-likeness (QED) is 0.908. The lowest BCUT2D eigenvalue weighted by Gasteiger charge is -2.05. The van der Waals surface area contributed by atoms with E-state index in [2.05, 4.69) is 10.5 Å². The monoisotopic (exact) mass is 270 g/mol. The topological polar surface area (TPSA) is 55.1 Å². The Morgan fingerprint density at radius 1 is 1.41 bits per heavy atom. The molecule has 17 heavy (non-hydrogen) atoms. The fourth-order valence-electron chi connectivity index (χ4n) is 1.28. The second kappa shape index (κ2) is 4.77. The molecule has 1 N–H and O–H groups in total. The Morgan fingerprint density at radius 2 is 2.18 bits per heavy atom. The van der Waals surface area contributed by atoms with E-state index in [-0.39, 0.29) is 5.76 Å². The summed E-state index contributed by atoms with van der Waals surface area (Å²) in [5, 5.41) is 7.02. The minimum atomic E-state index is -0.413. The number of nitrogens with zero attached hydrogens (tertiary/aromatic N) is 1. The molecule has 1 aromatic heterocycles. The number of anilines is 1. The van der Waals surface area contributed by atoms with Gasteiger partial charge >= 0.3 is 0 Å². The summed E-state index contributed by atoms with van der Waals surface area (Å²) in [6.45, 7) is 1.73. The Bertz CT molecular complexity index is 566. The zero-order valence-corrected chi connectivity index (χ0v) is 10.3. The first-order valence-corrected chi connectivity index (χ1v) is 5.51. The summed E-state index contributed by atoms with van der Waals surface area (Å²) < 4.78 is 4.83. The zero-order chi connectivity index (χ0) is 12.4. The summed E-state index contributed by atoms with van der Waals surface area (Å²) in [7, 11) is 0. The van der Waals surface area contributed by atoms with Gasteiger partial charge in [0.15, 0.2) is 0 Å². The van der Waals surface area contributed by atoms with Crippen LogP contribution in [0.2, 0.25) is 10.0 Å². The maximum atomic E-state index is 11.8. The number of aromatic nitrogens is 1. The molecule has 0 radical (unpaired) electrons. The molecule has 6 heteroatoms. The second-order valence-electron chi connectivity index (χ2n) is 3.42.